The first-order valence-electron chi connectivity index (χ1n) is 9.37. The molecule has 162 valence electrons. The molecule has 0 bridgehead atoms. The maximum atomic E-state index is 12.8. The van der Waals surface area contributed by atoms with Crippen LogP contribution in [0.4, 0.5) is 11.6 Å². The third kappa shape index (κ3) is 4.57. The molecule has 1 aromatic heterocycles. The van der Waals surface area contributed by atoms with Gasteiger partial charge in [-0.2, -0.15) is 4.31 Å². The van der Waals surface area contributed by atoms with Crippen molar-refractivity contribution in [3.63, 3.8) is 0 Å². The van der Waals surface area contributed by atoms with Crippen LogP contribution in [0.15, 0.2) is 28.3 Å². The van der Waals surface area contributed by atoms with Gasteiger partial charge in [0.05, 0.1) is 34.6 Å². The number of rotatable bonds is 7. The van der Waals surface area contributed by atoms with Crippen molar-refractivity contribution < 1.29 is 17.9 Å². The smallest absolute Gasteiger partial charge is 0.243 e. The van der Waals surface area contributed by atoms with Gasteiger partial charge in [0.15, 0.2) is 5.16 Å². The lowest BCUT2D eigenvalue weighted by atomic mass is 10.3. The fraction of sp³-hybridized carbons (Fsp3) is 0.471. The number of nitrogens with one attached hydrogen (secondary N) is 1. The Hall–Kier alpha value is -1.86. The van der Waals surface area contributed by atoms with Crippen molar-refractivity contribution in [2.24, 2.45) is 0 Å². The molecule has 2 aromatic rings. The molecule has 0 radical (unpaired) electrons. The van der Waals surface area contributed by atoms with Crippen molar-refractivity contribution in [2.75, 3.05) is 43.1 Å². The number of nitrogen functional groups attached to an aromatic ring is 1. The fourth-order valence-electron chi connectivity index (χ4n) is 3.08. The number of amides is 1. The molecule has 1 saturated carbocycles. The molecular formula is C17H21ClN6O4S2. The van der Waals surface area contributed by atoms with Gasteiger partial charge in [-0.05, 0) is 31.0 Å². The number of hydrogen-bond acceptors (Lipinski definition) is 8. The highest BCUT2D eigenvalue weighted by atomic mass is 35.5. The average molecular weight is 473 g/mol. The molecule has 0 spiro atoms. The first kappa shape index (κ1) is 21.4. The number of carbonyl (C=O) groups is 1. The quantitative estimate of drug-likeness (QED) is 0.580. The van der Waals surface area contributed by atoms with Gasteiger partial charge in [0.1, 0.15) is 0 Å². The molecule has 13 heteroatoms. The summed E-state index contributed by atoms with van der Waals surface area (Å²) in [5, 5.41) is 11.4. The van der Waals surface area contributed by atoms with Gasteiger partial charge >= 0.3 is 0 Å². The summed E-state index contributed by atoms with van der Waals surface area (Å²) < 4.78 is 34.1. The first-order valence-corrected chi connectivity index (χ1v) is 12.2. The normalized spacial score (nSPS) is 17.8. The molecule has 2 fully saturated rings. The highest BCUT2D eigenvalue weighted by molar-refractivity contribution is 7.99. The van der Waals surface area contributed by atoms with E-state index in [2.05, 4.69) is 15.5 Å². The molecule has 1 saturated heterocycles. The summed E-state index contributed by atoms with van der Waals surface area (Å²) in [6, 6.07) is 4.56. The van der Waals surface area contributed by atoms with Crippen molar-refractivity contribution in [3.8, 4) is 0 Å². The second-order valence-electron chi connectivity index (χ2n) is 6.94. The van der Waals surface area contributed by atoms with E-state index < -0.39 is 10.0 Å². The van der Waals surface area contributed by atoms with Gasteiger partial charge in [-0.3, -0.25) is 9.36 Å². The Bertz CT molecular complexity index is 1050. The molecule has 0 unspecified atom stereocenters. The van der Waals surface area contributed by atoms with Gasteiger partial charge in [-0.15, -0.1) is 10.2 Å². The van der Waals surface area contributed by atoms with Crippen LogP contribution in [0.2, 0.25) is 5.02 Å². The summed E-state index contributed by atoms with van der Waals surface area (Å²) in [6.45, 7) is 1.27. The summed E-state index contributed by atoms with van der Waals surface area (Å²) in [4.78, 5) is 12.5. The Morgan fingerprint density at radius 3 is 2.73 bits per heavy atom. The predicted molar refractivity (Wildman–Crippen MR) is 113 cm³/mol. The zero-order valence-corrected chi connectivity index (χ0v) is 18.3. The molecule has 1 aliphatic carbocycles. The van der Waals surface area contributed by atoms with E-state index in [0.29, 0.717) is 30.4 Å². The van der Waals surface area contributed by atoms with Gasteiger partial charge in [0.2, 0.25) is 21.9 Å². The van der Waals surface area contributed by atoms with Gasteiger partial charge in [-0.1, -0.05) is 23.4 Å². The lowest BCUT2D eigenvalue weighted by Crippen LogP contribution is -2.40. The predicted octanol–water partition coefficient (Wildman–Crippen LogP) is 1.60. The van der Waals surface area contributed by atoms with Crippen molar-refractivity contribution >= 4 is 50.9 Å². The number of nitrogens with two attached hydrogens (primary N) is 1. The van der Waals surface area contributed by atoms with Crippen LogP contribution < -0.4 is 11.1 Å². The number of halogens is 1. The van der Waals surface area contributed by atoms with Crippen LogP contribution in [0.3, 0.4) is 0 Å². The number of nitrogens with zero attached hydrogens (tertiary/aromatic N) is 4. The minimum absolute atomic E-state index is 0.0572. The van der Waals surface area contributed by atoms with Crippen molar-refractivity contribution in [1.82, 2.24) is 19.1 Å². The SMILES string of the molecule is Nc1nnc(SCC(=O)Nc2cc(S(=O)(=O)N3CCOCC3)ccc2Cl)n1C1CC1. The molecular weight excluding hydrogens is 452 g/mol. The Morgan fingerprint density at radius 1 is 1.30 bits per heavy atom. The van der Waals surface area contributed by atoms with Crippen molar-refractivity contribution in [1.29, 1.82) is 0 Å². The zero-order valence-electron chi connectivity index (χ0n) is 16.0. The van der Waals surface area contributed by atoms with Crippen LogP contribution in [0.5, 0.6) is 0 Å². The molecule has 0 atom stereocenters. The number of hydrogen-bond donors (Lipinski definition) is 2. The molecule has 4 rings (SSSR count). The summed E-state index contributed by atoms with van der Waals surface area (Å²) in [5.74, 6) is 0.0537. The van der Waals surface area contributed by atoms with E-state index in [0.717, 1.165) is 12.8 Å². The van der Waals surface area contributed by atoms with Crippen LogP contribution in [-0.4, -0.2) is 65.5 Å². The number of ether oxygens (including phenoxy) is 1. The summed E-state index contributed by atoms with van der Waals surface area (Å²) in [6.07, 6.45) is 2.03. The zero-order chi connectivity index (χ0) is 21.3. The molecule has 10 nitrogen and oxygen atoms in total. The van der Waals surface area contributed by atoms with Crippen LogP contribution in [-0.2, 0) is 19.6 Å². The molecule has 1 aromatic carbocycles. The van der Waals surface area contributed by atoms with E-state index in [1.165, 1.54) is 34.3 Å². The second kappa shape index (κ2) is 8.71. The topological polar surface area (TPSA) is 132 Å². The van der Waals surface area contributed by atoms with Crippen molar-refractivity contribution in [2.45, 2.75) is 28.9 Å². The van der Waals surface area contributed by atoms with Crippen LogP contribution in [0.1, 0.15) is 18.9 Å². The van der Waals surface area contributed by atoms with Crippen LogP contribution >= 0.6 is 23.4 Å². The van der Waals surface area contributed by atoms with E-state index in [-0.39, 0.29) is 40.4 Å². The highest BCUT2D eigenvalue weighted by Gasteiger charge is 2.29. The van der Waals surface area contributed by atoms with Crippen molar-refractivity contribution in [3.05, 3.63) is 23.2 Å². The number of anilines is 2. The number of morpholine rings is 1. The molecule has 1 amide bonds. The maximum Gasteiger partial charge on any atom is 0.243 e. The lowest BCUT2D eigenvalue weighted by molar-refractivity contribution is -0.113. The number of benzene rings is 1. The Labute approximate surface area is 183 Å². The minimum atomic E-state index is -3.70. The molecule has 2 heterocycles. The fourth-order valence-corrected chi connectivity index (χ4v) is 5.49. The molecule has 30 heavy (non-hydrogen) atoms. The largest absolute Gasteiger partial charge is 0.379 e. The summed E-state index contributed by atoms with van der Waals surface area (Å²) >= 11 is 7.39. The lowest BCUT2D eigenvalue weighted by Gasteiger charge is -2.26. The van der Waals surface area contributed by atoms with E-state index in [4.69, 9.17) is 22.1 Å². The maximum absolute atomic E-state index is 12.8. The van der Waals surface area contributed by atoms with Crippen LogP contribution in [0, 0.1) is 0 Å². The first-order chi connectivity index (χ1) is 14.4. The Morgan fingerprint density at radius 2 is 2.03 bits per heavy atom. The van der Waals surface area contributed by atoms with Gasteiger partial charge in [0.25, 0.3) is 0 Å². The van der Waals surface area contributed by atoms with E-state index in [9.17, 15) is 13.2 Å². The van der Waals surface area contributed by atoms with Gasteiger partial charge in [0, 0.05) is 19.1 Å². The van der Waals surface area contributed by atoms with E-state index in [1.807, 2.05) is 4.57 Å². The summed E-state index contributed by atoms with van der Waals surface area (Å²) in [5.41, 5.74) is 6.08. The monoisotopic (exact) mass is 472 g/mol. The van der Waals surface area contributed by atoms with Gasteiger partial charge in [-0.25, -0.2) is 8.42 Å². The van der Waals surface area contributed by atoms with E-state index >= 15 is 0 Å². The third-order valence-electron chi connectivity index (χ3n) is 4.76. The number of thioether (sulfide) groups is 1. The molecule has 2 aliphatic rings. The number of sulfonamides is 1. The Balaban J connectivity index is 1.44. The van der Waals surface area contributed by atoms with Crippen LogP contribution in [0.25, 0.3) is 0 Å². The molecule has 1 aliphatic heterocycles. The average Bonchev–Trinajstić information content (AvgIpc) is 3.50. The second-order valence-corrected chi connectivity index (χ2v) is 10.2. The summed E-state index contributed by atoms with van der Waals surface area (Å²) in [7, 11) is -3.70. The Kier molecular flexibility index (Phi) is 6.21. The number of carbonyl (C=O) groups excluding carboxylic acids is 1. The third-order valence-corrected chi connectivity index (χ3v) is 7.92. The van der Waals surface area contributed by atoms with E-state index in [1.54, 1.807) is 0 Å². The minimum Gasteiger partial charge on any atom is -0.379 e. The standard InChI is InChI=1S/C17H21ClN6O4S2/c18-13-4-3-12(30(26,27)23-5-7-28-8-6-23)9-14(13)20-15(25)10-29-17-22-21-16(19)24(17)11-1-2-11/h3-4,9,11H,1-2,5-8,10H2,(H2,19,21)(H,20,25). The highest BCUT2D eigenvalue weighted by Crippen LogP contribution is 2.39. The van der Waals surface area contributed by atoms with Gasteiger partial charge < -0.3 is 15.8 Å². The number of aromatic nitrogens is 3. The molecule has 3 N–H and O–H groups in total.